The summed E-state index contributed by atoms with van der Waals surface area (Å²) in [7, 11) is 1.73. The van der Waals surface area contributed by atoms with E-state index < -0.39 is 0 Å². The molecule has 0 radical (unpaired) electrons. The third-order valence-corrected chi connectivity index (χ3v) is 5.09. The maximum atomic E-state index is 12.3. The summed E-state index contributed by atoms with van der Waals surface area (Å²) in [4.78, 5) is 23.9. The number of unbranched alkanes of at least 4 members (excludes halogenated alkanes) is 5. The zero-order valence-electron chi connectivity index (χ0n) is 17.2. The molecule has 154 valence electrons. The van der Waals surface area contributed by atoms with Crippen LogP contribution in [0.3, 0.4) is 0 Å². The van der Waals surface area contributed by atoms with Crippen molar-refractivity contribution in [3.8, 4) is 0 Å². The number of ketones is 1. The molecule has 0 spiro atoms. The highest BCUT2D eigenvalue weighted by atomic mass is 16.5. The summed E-state index contributed by atoms with van der Waals surface area (Å²) in [6, 6.07) is 10.7. The summed E-state index contributed by atoms with van der Waals surface area (Å²) >= 11 is 0. The minimum Gasteiger partial charge on any atom is -0.462 e. The molecular formula is C24H28O5. The molecule has 0 atom stereocenters. The summed E-state index contributed by atoms with van der Waals surface area (Å²) in [5.74, 6) is -0.344. The minimum absolute atomic E-state index is 0.00778. The zero-order valence-corrected chi connectivity index (χ0v) is 17.2. The SMILES string of the molecule is COCCCCCCCCOC(=O)c1ccc2c(c1)oc1cc(C(C)=O)ccc12. The summed E-state index contributed by atoms with van der Waals surface area (Å²) in [5.41, 5.74) is 2.34. The lowest BCUT2D eigenvalue weighted by molar-refractivity contribution is 0.0497. The van der Waals surface area contributed by atoms with Crippen LogP contribution < -0.4 is 0 Å². The third-order valence-electron chi connectivity index (χ3n) is 5.09. The van der Waals surface area contributed by atoms with Crippen LogP contribution in [0.2, 0.25) is 0 Å². The zero-order chi connectivity index (χ0) is 20.6. The Morgan fingerprint density at radius 1 is 0.793 bits per heavy atom. The predicted octanol–water partition coefficient (Wildman–Crippen LogP) is 5.93. The average molecular weight is 396 g/mol. The van der Waals surface area contributed by atoms with Crippen molar-refractivity contribution in [3.63, 3.8) is 0 Å². The molecule has 0 fully saturated rings. The van der Waals surface area contributed by atoms with E-state index >= 15 is 0 Å². The maximum Gasteiger partial charge on any atom is 0.338 e. The lowest BCUT2D eigenvalue weighted by Gasteiger charge is -2.05. The van der Waals surface area contributed by atoms with E-state index in [1.807, 2.05) is 12.1 Å². The van der Waals surface area contributed by atoms with E-state index in [1.54, 1.807) is 31.4 Å². The Morgan fingerprint density at radius 3 is 1.97 bits per heavy atom. The Hall–Kier alpha value is -2.66. The summed E-state index contributed by atoms with van der Waals surface area (Å²) < 4.78 is 16.3. The second-order valence-corrected chi connectivity index (χ2v) is 7.33. The van der Waals surface area contributed by atoms with Crippen LogP contribution in [0, 0.1) is 0 Å². The van der Waals surface area contributed by atoms with Crippen molar-refractivity contribution < 1.29 is 23.5 Å². The van der Waals surface area contributed by atoms with Gasteiger partial charge in [0, 0.05) is 30.1 Å². The van der Waals surface area contributed by atoms with E-state index in [4.69, 9.17) is 13.9 Å². The number of hydrogen-bond acceptors (Lipinski definition) is 5. The lowest BCUT2D eigenvalue weighted by Crippen LogP contribution is -2.06. The molecule has 5 heteroatoms. The molecular weight excluding hydrogens is 368 g/mol. The van der Waals surface area contributed by atoms with Gasteiger partial charge in [0.05, 0.1) is 12.2 Å². The predicted molar refractivity (Wildman–Crippen MR) is 114 cm³/mol. The van der Waals surface area contributed by atoms with Gasteiger partial charge in [-0.15, -0.1) is 0 Å². The highest BCUT2D eigenvalue weighted by Crippen LogP contribution is 2.30. The number of furan rings is 1. The standard InChI is InChI=1S/C24H28O5/c1-17(25)18-9-11-20-21-12-10-19(16-23(21)29-22(20)15-18)24(26)28-14-8-6-4-3-5-7-13-27-2/h9-12,15-16H,3-8,13-14H2,1-2H3. The normalized spacial score (nSPS) is 11.2. The Labute approximate surface area is 171 Å². The van der Waals surface area contributed by atoms with Gasteiger partial charge in [0.1, 0.15) is 11.2 Å². The topological polar surface area (TPSA) is 65.7 Å². The van der Waals surface area contributed by atoms with Gasteiger partial charge < -0.3 is 13.9 Å². The number of hydrogen-bond donors (Lipinski definition) is 0. The number of rotatable bonds is 11. The van der Waals surface area contributed by atoms with Crippen LogP contribution in [0.1, 0.15) is 66.2 Å². The van der Waals surface area contributed by atoms with Crippen molar-refractivity contribution in [3.05, 3.63) is 47.5 Å². The van der Waals surface area contributed by atoms with Gasteiger partial charge in [-0.2, -0.15) is 0 Å². The van der Waals surface area contributed by atoms with Gasteiger partial charge in [-0.05, 0) is 50.1 Å². The van der Waals surface area contributed by atoms with Crippen LogP contribution in [-0.4, -0.2) is 32.1 Å². The van der Waals surface area contributed by atoms with Crippen molar-refractivity contribution in [1.29, 1.82) is 0 Å². The first-order valence-electron chi connectivity index (χ1n) is 10.2. The molecule has 0 bridgehead atoms. The maximum absolute atomic E-state index is 12.3. The molecule has 0 saturated heterocycles. The smallest absolute Gasteiger partial charge is 0.338 e. The van der Waals surface area contributed by atoms with Gasteiger partial charge in [-0.3, -0.25) is 4.79 Å². The van der Waals surface area contributed by atoms with Crippen molar-refractivity contribution in [2.24, 2.45) is 0 Å². The average Bonchev–Trinajstić information content (AvgIpc) is 3.09. The molecule has 0 aliphatic heterocycles. The molecule has 0 unspecified atom stereocenters. The number of fused-ring (bicyclic) bond motifs is 3. The highest BCUT2D eigenvalue weighted by Gasteiger charge is 2.13. The Morgan fingerprint density at radius 2 is 1.34 bits per heavy atom. The van der Waals surface area contributed by atoms with Gasteiger partial charge in [0.2, 0.25) is 0 Å². The summed E-state index contributed by atoms with van der Waals surface area (Å²) in [6.45, 7) is 2.78. The largest absolute Gasteiger partial charge is 0.462 e. The first-order valence-corrected chi connectivity index (χ1v) is 10.2. The number of Topliss-reactive ketones (excluding diaryl/α,β-unsaturated/α-hetero) is 1. The highest BCUT2D eigenvalue weighted by molar-refractivity contribution is 6.08. The first kappa shape index (κ1) is 21.1. The number of ether oxygens (including phenoxy) is 2. The monoisotopic (exact) mass is 396 g/mol. The van der Waals surface area contributed by atoms with E-state index in [1.165, 1.54) is 19.8 Å². The second kappa shape index (κ2) is 10.2. The Balaban J connectivity index is 1.53. The van der Waals surface area contributed by atoms with Crippen LogP contribution >= 0.6 is 0 Å². The molecule has 2 aromatic carbocycles. The van der Waals surface area contributed by atoms with Crippen LogP contribution in [0.15, 0.2) is 40.8 Å². The van der Waals surface area contributed by atoms with E-state index in [-0.39, 0.29) is 11.8 Å². The van der Waals surface area contributed by atoms with Crippen molar-refractivity contribution >= 4 is 33.7 Å². The lowest BCUT2D eigenvalue weighted by atomic mass is 10.1. The molecule has 0 aliphatic carbocycles. The Bertz CT molecular complexity index is 986. The van der Waals surface area contributed by atoms with Crippen molar-refractivity contribution in [1.82, 2.24) is 0 Å². The number of carbonyl (C=O) groups is 2. The van der Waals surface area contributed by atoms with Crippen LogP contribution in [0.4, 0.5) is 0 Å². The van der Waals surface area contributed by atoms with Gasteiger partial charge in [0.15, 0.2) is 5.78 Å². The molecule has 0 N–H and O–H groups in total. The molecule has 29 heavy (non-hydrogen) atoms. The van der Waals surface area contributed by atoms with E-state index in [2.05, 4.69) is 0 Å². The van der Waals surface area contributed by atoms with Crippen LogP contribution in [-0.2, 0) is 9.47 Å². The van der Waals surface area contributed by atoms with Gasteiger partial charge in [-0.25, -0.2) is 4.79 Å². The van der Waals surface area contributed by atoms with Gasteiger partial charge in [0.25, 0.3) is 0 Å². The number of esters is 1. The van der Waals surface area contributed by atoms with E-state index in [0.29, 0.717) is 28.9 Å². The number of carbonyl (C=O) groups excluding carboxylic acids is 2. The van der Waals surface area contributed by atoms with Crippen LogP contribution in [0.5, 0.6) is 0 Å². The number of benzene rings is 2. The Kier molecular flexibility index (Phi) is 7.42. The second-order valence-electron chi connectivity index (χ2n) is 7.33. The molecule has 1 aromatic heterocycles. The van der Waals surface area contributed by atoms with E-state index in [9.17, 15) is 9.59 Å². The molecule has 0 amide bonds. The quantitative estimate of drug-likeness (QED) is 0.228. The molecule has 5 nitrogen and oxygen atoms in total. The molecule has 0 aliphatic rings. The van der Waals surface area contributed by atoms with Crippen molar-refractivity contribution in [2.45, 2.75) is 45.4 Å². The number of methoxy groups -OCH3 is 1. The van der Waals surface area contributed by atoms with Gasteiger partial charge >= 0.3 is 5.97 Å². The summed E-state index contributed by atoms with van der Waals surface area (Å²) in [5, 5.41) is 1.84. The third kappa shape index (κ3) is 5.45. The first-order chi connectivity index (χ1) is 14.1. The fourth-order valence-electron chi connectivity index (χ4n) is 3.43. The summed E-state index contributed by atoms with van der Waals surface area (Å²) in [6.07, 6.45) is 6.54. The van der Waals surface area contributed by atoms with Crippen molar-refractivity contribution in [2.75, 3.05) is 20.3 Å². The minimum atomic E-state index is -0.336. The molecule has 1 heterocycles. The molecule has 0 saturated carbocycles. The van der Waals surface area contributed by atoms with E-state index in [0.717, 1.165) is 43.1 Å². The van der Waals surface area contributed by atoms with Gasteiger partial charge in [-0.1, -0.05) is 31.7 Å². The fraction of sp³-hybridized carbons (Fsp3) is 0.417. The fourth-order valence-corrected chi connectivity index (χ4v) is 3.43. The molecule has 3 aromatic rings. The van der Waals surface area contributed by atoms with Crippen LogP contribution in [0.25, 0.3) is 21.9 Å². The molecule has 3 rings (SSSR count).